The highest BCUT2D eigenvalue weighted by Gasteiger charge is 2.14. The summed E-state index contributed by atoms with van der Waals surface area (Å²) in [5.74, 6) is 0. The molecule has 0 fully saturated rings. The van der Waals surface area contributed by atoms with Crippen LogP contribution in [0.25, 0.3) is 22.0 Å². The van der Waals surface area contributed by atoms with Crippen molar-refractivity contribution in [2.45, 2.75) is 32.4 Å². The molecular formula is C22H22N4O2. The van der Waals surface area contributed by atoms with Crippen molar-refractivity contribution in [3.8, 4) is 11.1 Å². The normalized spacial score (nSPS) is 11.8. The number of fused-ring (bicyclic) bond motifs is 1. The molecular weight excluding hydrogens is 352 g/mol. The lowest BCUT2D eigenvalue weighted by Gasteiger charge is -2.16. The topological polar surface area (TPSA) is 83.8 Å². The van der Waals surface area contributed by atoms with E-state index in [9.17, 15) is 9.90 Å². The highest BCUT2D eigenvalue weighted by Crippen LogP contribution is 2.23. The first-order valence-corrected chi connectivity index (χ1v) is 9.18. The summed E-state index contributed by atoms with van der Waals surface area (Å²) in [4.78, 5) is 11.0. The maximum Gasteiger partial charge on any atom is 0.150 e. The standard InChI is InChI=1S/C22H22N4O2/c1-22(2,28)14-26-12-18(11-23-26)17-6-3-15(4-7-17)10-21-19-9-16(13-27)5-8-20(19)24-25-21/h3-9,11-13,28H,10,14H2,1-2H3,(H,24,25). The first-order valence-electron chi connectivity index (χ1n) is 9.18. The smallest absolute Gasteiger partial charge is 0.150 e. The lowest BCUT2D eigenvalue weighted by atomic mass is 10.0. The molecule has 0 aliphatic heterocycles. The van der Waals surface area contributed by atoms with Gasteiger partial charge in [-0.25, -0.2) is 0 Å². The molecule has 0 bridgehead atoms. The number of aromatic nitrogens is 4. The SMILES string of the molecule is CC(C)(O)Cn1cc(-c2ccc(Cc3[nH]nc4ccc(C=O)cc34)cc2)cn1. The summed E-state index contributed by atoms with van der Waals surface area (Å²) >= 11 is 0. The largest absolute Gasteiger partial charge is 0.389 e. The molecule has 6 nitrogen and oxygen atoms in total. The summed E-state index contributed by atoms with van der Waals surface area (Å²) in [6.07, 6.45) is 5.31. The van der Waals surface area contributed by atoms with Crippen LogP contribution in [0, 0.1) is 0 Å². The number of aldehydes is 1. The van der Waals surface area contributed by atoms with Crippen molar-refractivity contribution in [2.24, 2.45) is 0 Å². The van der Waals surface area contributed by atoms with Crippen LogP contribution in [0.4, 0.5) is 0 Å². The number of nitrogens with zero attached hydrogens (tertiary/aromatic N) is 3. The van der Waals surface area contributed by atoms with Gasteiger partial charge in [-0.2, -0.15) is 10.2 Å². The van der Waals surface area contributed by atoms with Gasteiger partial charge < -0.3 is 5.11 Å². The second-order valence-electron chi connectivity index (χ2n) is 7.71. The van der Waals surface area contributed by atoms with Gasteiger partial charge in [0.25, 0.3) is 0 Å². The summed E-state index contributed by atoms with van der Waals surface area (Å²) in [7, 11) is 0. The molecule has 142 valence electrons. The predicted octanol–water partition coefficient (Wildman–Crippen LogP) is 3.60. The molecule has 0 aliphatic carbocycles. The molecule has 0 spiro atoms. The second-order valence-corrected chi connectivity index (χ2v) is 7.71. The third kappa shape index (κ3) is 3.87. The van der Waals surface area contributed by atoms with Crippen LogP contribution in [0.15, 0.2) is 54.9 Å². The third-order valence-electron chi connectivity index (χ3n) is 4.64. The summed E-state index contributed by atoms with van der Waals surface area (Å²) < 4.78 is 1.75. The number of aliphatic hydroxyl groups is 1. The number of nitrogens with one attached hydrogen (secondary N) is 1. The van der Waals surface area contributed by atoms with Crippen LogP contribution in [0.2, 0.25) is 0 Å². The van der Waals surface area contributed by atoms with E-state index in [1.807, 2.05) is 24.5 Å². The van der Waals surface area contributed by atoms with Crippen molar-refractivity contribution < 1.29 is 9.90 Å². The average Bonchev–Trinajstić information content (AvgIpc) is 3.28. The maximum atomic E-state index is 11.0. The molecule has 2 N–H and O–H groups in total. The van der Waals surface area contributed by atoms with Crippen LogP contribution in [0.1, 0.15) is 35.5 Å². The number of rotatable bonds is 6. The van der Waals surface area contributed by atoms with E-state index >= 15 is 0 Å². The van der Waals surface area contributed by atoms with Crippen LogP contribution in [-0.4, -0.2) is 37.0 Å². The van der Waals surface area contributed by atoms with E-state index in [0.717, 1.165) is 39.6 Å². The Kier molecular flexibility index (Phi) is 4.57. The Bertz CT molecular complexity index is 1120. The molecule has 0 saturated heterocycles. The van der Waals surface area contributed by atoms with Crippen LogP contribution in [0.3, 0.4) is 0 Å². The van der Waals surface area contributed by atoms with Crippen LogP contribution in [0.5, 0.6) is 0 Å². The monoisotopic (exact) mass is 374 g/mol. The number of hydrogen-bond donors (Lipinski definition) is 2. The Morgan fingerprint density at radius 1 is 1.14 bits per heavy atom. The highest BCUT2D eigenvalue weighted by molar-refractivity contribution is 5.88. The zero-order valence-electron chi connectivity index (χ0n) is 15.9. The van der Waals surface area contributed by atoms with Gasteiger partial charge in [-0.3, -0.25) is 14.6 Å². The Balaban J connectivity index is 1.53. The number of carbonyl (C=O) groups excluding carboxylic acids is 1. The molecule has 0 atom stereocenters. The number of aromatic amines is 1. The van der Waals surface area contributed by atoms with Crippen molar-refractivity contribution in [1.82, 2.24) is 20.0 Å². The number of hydrogen-bond acceptors (Lipinski definition) is 4. The fourth-order valence-corrected chi connectivity index (χ4v) is 3.30. The third-order valence-corrected chi connectivity index (χ3v) is 4.64. The predicted molar refractivity (Wildman–Crippen MR) is 108 cm³/mol. The number of H-pyrrole nitrogens is 1. The Labute approximate surface area is 162 Å². The van der Waals surface area contributed by atoms with Crippen LogP contribution >= 0.6 is 0 Å². The van der Waals surface area contributed by atoms with Gasteiger partial charge in [-0.15, -0.1) is 0 Å². The zero-order valence-corrected chi connectivity index (χ0v) is 15.9. The van der Waals surface area contributed by atoms with Crippen molar-refractivity contribution in [3.05, 3.63) is 71.7 Å². The fraction of sp³-hybridized carbons (Fsp3) is 0.227. The van der Waals surface area contributed by atoms with Crippen molar-refractivity contribution in [3.63, 3.8) is 0 Å². The summed E-state index contributed by atoms with van der Waals surface area (Å²) in [5, 5.41) is 22.6. The molecule has 0 saturated carbocycles. The molecule has 4 aromatic rings. The maximum absolute atomic E-state index is 11.0. The van der Waals surface area contributed by atoms with Gasteiger partial charge in [-0.1, -0.05) is 24.3 Å². The minimum absolute atomic E-state index is 0.445. The van der Waals surface area contributed by atoms with Gasteiger partial charge in [-0.05, 0) is 43.2 Å². The summed E-state index contributed by atoms with van der Waals surface area (Å²) in [5.41, 5.74) is 4.93. The molecule has 6 heteroatoms. The van der Waals surface area contributed by atoms with Gasteiger partial charge in [0.2, 0.25) is 0 Å². The van der Waals surface area contributed by atoms with E-state index in [4.69, 9.17) is 0 Å². The first kappa shape index (κ1) is 18.1. The van der Waals surface area contributed by atoms with Crippen LogP contribution < -0.4 is 0 Å². The fourth-order valence-electron chi connectivity index (χ4n) is 3.30. The average molecular weight is 374 g/mol. The van der Waals surface area contributed by atoms with Crippen molar-refractivity contribution in [2.75, 3.05) is 0 Å². The van der Waals surface area contributed by atoms with E-state index in [2.05, 4.69) is 39.6 Å². The van der Waals surface area contributed by atoms with E-state index < -0.39 is 5.60 Å². The Morgan fingerprint density at radius 2 is 1.93 bits per heavy atom. The van der Waals surface area contributed by atoms with Crippen LogP contribution in [-0.2, 0) is 13.0 Å². The molecule has 2 aromatic carbocycles. The van der Waals surface area contributed by atoms with Gasteiger partial charge in [0, 0.05) is 34.8 Å². The molecule has 0 aliphatic rings. The van der Waals surface area contributed by atoms with Gasteiger partial charge >= 0.3 is 0 Å². The number of benzene rings is 2. The molecule has 2 heterocycles. The van der Waals surface area contributed by atoms with Crippen molar-refractivity contribution in [1.29, 1.82) is 0 Å². The summed E-state index contributed by atoms with van der Waals surface area (Å²) in [6.45, 7) is 3.97. The van der Waals surface area contributed by atoms with E-state index in [0.29, 0.717) is 18.5 Å². The lowest BCUT2D eigenvalue weighted by molar-refractivity contribution is 0.0577. The minimum atomic E-state index is -0.802. The van der Waals surface area contributed by atoms with Crippen molar-refractivity contribution >= 4 is 17.2 Å². The molecule has 28 heavy (non-hydrogen) atoms. The van der Waals surface area contributed by atoms with Gasteiger partial charge in [0.1, 0.15) is 6.29 Å². The molecule has 2 aromatic heterocycles. The van der Waals surface area contributed by atoms with Gasteiger partial charge in [0.05, 0.1) is 23.9 Å². The molecule has 0 unspecified atom stereocenters. The van der Waals surface area contributed by atoms with Gasteiger partial charge in [0.15, 0.2) is 0 Å². The Hall–Kier alpha value is -3.25. The second kappa shape index (κ2) is 7.05. The molecule has 0 radical (unpaired) electrons. The number of carbonyl (C=O) groups is 1. The molecule has 0 amide bonds. The summed E-state index contributed by atoms with van der Waals surface area (Å²) in [6, 6.07) is 13.8. The Morgan fingerprint density at radius 3 is 2.64 bits per heavy atom. The highest BCUT2D eigenvalue weighted by atomic mass is 16.3. The minimum Gasteiger partial charge on any atom is -0.389 e. The molecule has 4 rings (SSSR count). The zero-order chi connectivity index (χ0) is 19.7. The lowest BCUT2D eigenvalue weighted by Crippen LogP contribution is -2.26. The van der Waals surface area contributed by atoms with E-state index in [1.54, 1.807) is 24.6 Å². The van der Waals surface area contributed by atoms with E-state index in [-0.39, 0.29) is 0 Å². The quantitative estimate of drug-likeness (QED) is 0.505. The first-order chi connectivity index (χ1) is 13.4. The van der Waals surface area contributed by atoms with E-state index in [1.165, 1.54) is 0 Å².